The second-order valence-corrected chi connectivity index (χ2v) is 11.7. The minimum Gasteiger partial charge on any atom is -0.476 e. The Labute approximate surface area is 232 Å². The van der Waals surface area contributed by atoms with Gasteiger partial charge in [-0.1, -0.05) is 18.2 Å². The van der Waals surface area contributed by atoms with E-state index in [0.29, 0.717) is 29.5 Å². The predicted octanol–water partition coefficient (Wildman–Crippen LogP) is 4.68. The number of hydrogen-bond acceptors (Lipinski definition) is 10. The van der Waals surface area contributed by atoms with Crippen LogP contribution in [0.5, 0.6) is 11.6 Å². The lowest BCUT2D eigenvalue weighted by molar-refractivity contribution is -0.149. The number of rotatable bonds is 12. The zero-order chi connectivity index (χ0) is 29.1. The van der Waals surface area contributed by atoms with Gasteiger partial charge in [0.25, 0.3) is 0 Å². The van der Waals surface area contributed by atoms with Gasteiger partial charge in [0.1, 0.15) is 17.6 Å². The number of aromatic nitrogens is 4. The van der Waals surface area contributed by atoms with Crippen LogP contribution >= 0.6 is 7.75 Å². The lowest BCUT2D eigenvalue weighted by atomic mass is 10.0. The molecule has 4 rings (SSSR count). The highest BCUT2D eigenvalue weighted by Gasteiger charge is 2.48. The number of fused-ring (bicyclic) bond motifs is 1. The summed E-state index contributed by atoms with van der Waals surface area (Å²) in [6.45, 7) is 9.93. The van der Waals surface area contributed by atoms with Crippen LogP contribution in [0.4, 0.5) is 4.39 Å². The SMILES string of the molecule is CCOc1nc(C)nc2c1ncn2[C@@H]1O[C@H](CO[P@@](=O)(N[C@H](C)C(=O)OC(C)C)Oc2ccccc2)C[C@@]1(C)F. The highest BCUT2D eigenvalue weighted by Crippen LogP contribution is 2.48. The molecule has 1 saturated heterocycles. The summed E-state index contributed by atoms with van der Waals surface area (Å²) >= 11 is 0. The fourth-order valence-corrected chi connectivity index (χ4v) is 5.81. The Morgan fingerprint density at radius 3 is 2.67 bits per heavy atom. The molecule has 3 aromatic rings. The van der Waals surface area contributed by atoms with Crippen LogP contribution in [0.15, 0.2) is 36.7 Å². The molecule has 0 amide bonds. The van der Waals surface area contributed by atoms with Crippen LogP contribution in [0.1, 0.15) is 53.1 Å². The number of carbonyl (C=O) groups excluding carboxylic acids is 1. The van der Waals surface area contributed by atoms with Gasteiger partial charge < -0.3 is 18.7 Å². The van der Waals surface area contributed by atoms with Crippen molar-refractivity contribution < 1.29 is 37.0 Å². The van der Waals surface area contributed by atoms with Crippen LogP contribution < -0.4 is 14.3 Å². The van der Waals surface area contributed by atoms with Gasteiger partial charge in [-0.25, -0.2) is 18.9 Å². The molecule has 5 atom stereocenters. The van der Waals surface area contributed by atoms with E-state index >= 15 is 4.39 Å². The van der Waals surface area contributed by atoms with Crippen molar-refractivity contribution in [1.29, 1.82) is 0 Å². The maximum atomic E-state index is 15.9. The molecule has 1 fully saturated rings. The van der Waals surface area contributed by atoms with E-state index in [1.54, 1.807) is 51.1 Å². The molecule has 3 heterocycles. The molecule has 0 unspecified atom stereocenters. The molecule has 0 aliphatic carbocycles. The van der Waals surface area contributed by atoms with Gasteiger partial charge >= 0.3 is 13.7 Å². The number of hydrogen-bond donors (Lipinski definition) is 1. The second kappa shape index (κ2) is 12.2. The quantitative estimate of drug-likeness (QED) is 0.237. The van der Waals surface area contributed by atoms with Crippen molar-refractivity contribution in [2.75, 3.05) is 13.2 Å². The normalized spacial score (nSPS) is 23.2. The first kappa shape index (κ1) is 29.9. The van der Waals surface area contributed by atoms with Crippen LogP contribution in [0, 0.1) is 6.92 Å². The number of halogens is 1. The molecule has 14 heteroatoms. The maximum absolute atomic E-state index is 15.9. The molecule has 0 saturated carbocycles. The summed E-state index contributed by atoms with van der Waals surface area (Å²) in [7, 11) is -4.14. The summed E-state index contributed by atoms with van der Waals surface area (Å²) in [6, 6.07) is 7.35. The Bertz CT molecular complexity index is 1370. The van der Waals surface area contributed by atoms with E-state index in [2.05, 4.69) is 20.0 Å². The van der Waals surface area contributed by atoms with E-state index in [1.807, 2.05) is 6.92 Å². The van der Waals surface area contributed by atoms with E-state index in [1.165, 1.54) is 24.7 Å². The third-order valence-electron chi connectivity index (χ3n) is 5.95. The topological polar surface area (TPSA) is 136 Å². The van der Waals surface area contributed by atoms with E-state index in [-0.39, 0.29) is 24.9 Å². The van der Waals surface area contributed by atoms with Crippen molar-refractivity contribution in [3.05, 3.63) is 42.5 Å². The van der Waals surface area contributed by atoms with Crippen molar-refractivity contribution >= 4 is 24.9 Å². The minimum atomic E-state index is -4.14. The zero-order valence-corrected chi connectivity index (χ0v) is 24.3. The first-order valence-corrected chi connectivity index (χ1v) is 14.6. The van der Waals surface area contributed by atoms with E-state index in [4.69, 9.17) is 23.3 Å². The van der Waals surface area contributed by atoms with E-state index < -0.39 is 37.8 Å². The number of nitrogens with one attached hydrogen (secondary N) is 1. The Morgan fingerprint density at radius 1 is 1.27 bits per heavy atom. The standard InChI is InChI=1S/C26H35FN5O7P/c1-7-35-23-21-22(29-18(5)30-23)32(15-28-21)25-26(6,27)13-20(38-25)14-36-40(34,39-19-11-9-8-10-12-19)31-17(4)24(33)37-16(2)3/h8-12,15-17,20,25H,7,13-14H2,1-6H3,(H,31,34)/t17-,20+,25-,26-,40+/m1/s1. The lowest BCUT2D eigenvalue weighted by Gasteiger charge is -2.24. The predicted molar refractivity (Wildman–Crippen MR) is 144 cm³/mol. The van der Waals surface area contributed by atoms with Gasteiger partial charge in [-0.3, -0.25) is 13.9 Å². The smallest absolute Gasteiger partial charge is 0.459 e. The molecule has 0 bridgehead atoms. The van der Waals surface area contributed by atoms with E-state index in [0.717, 1.165) is 0 Å². The Kier molecular flexibility index (Phi) is 9.09. The summed E-state index contributed by atoms with van der Waals surface area (Å²) < 4.78 is 59.3. The summed E-state index contributed by atoms with van der Waals surface area (Å²) in [5.74, 6) is 0.372. The first-order chi connectivity index (χ1) is 18.9. The fraction of sp³-hybridized carbons (Fsp3) is 0.538. The Morgan fingerprint density at radius 2 is 2.00 bits per heavy atom. The molecule has 40 heavy (non-hydrogen) atoms. The van der Waals surface area contributed by atoms with Gasteiger partial charge in [-0.05, 0) is 53.7 Å². The zero-order valence-electron chi connectivity index (χ0n) is 23.4. The van der Waals surface area contributed by atoms with Gasteiger partial charge in [-0.2, -0.15) is 10.1 Å². The second-order valence-electron chi connectivity index (χ2n) is 9.96. The molecular weight excluding hydrogens is 544 g/mol. The molecular formula is C26H35FN5O7P. The van der Waals surface area contributed by atoms with Crippen LogP contribution in [0.2, 0.25) is 0 Å². The average molecular weight is 580 g/mol. The number of esters is 1. The average Bonchev–Trinajstić information content (AvgIpc) is 3.42. The number of imidazole rings is 1. The van der Waals surface area contributed by atoms with Crippen molar-refractivity contribution in [3.8, 4) is 11.6 Å². The molecule has 1 aliphatic heterocycles. The summed E-state index contributed by atoms with van der Waals surface area (Å²) in [6.07, 6.45) is -0.914. The number of ether oxygens (including phenoxy) is 3. The highest BCUT2D eigenvalue weighted by atomic mass is 31.2. The van der Waals surface area contributed by atoms with Crippen LogP contribution in [-0.4, -0.2) is 62.6 Å². The fourth-order valence-electron chi connectivity index (χ4n) is 4.29. The van der Waals surface area contributed by atoms with Crippen LogP contribution in [0.3, 0.4) is 0 Å². The molecule has 12 nitrogen and oxygen atoms in total. The van der Waals surface area contributed by atoms with Gasteiger partial charge in [0, 0.05) is 6.42 Å². The molecule has 218 valence electrons. The molecule has 2 aromatic heterocycles. The highest BCUT2D eigenvalue weighted by molar-refractivity contribution is 7.52. The van der Waals surface area contributed by atoms with Gasteiger partial charge in [0.15, 0.2) is 23.1 Å². The largest absolute Gasteiger partial charge is 0.476 e. The summed E-state index contributed by atoms with van der Waals surface area (Å²) in [4.78, 5) is 25.4. The van der Waals surface area contributed by atoms with Crippen molar-refractivity contribution in [3.63, 3.8) is 0 Å². The number of carbonyl (C=O) groups is 1. The molecule has 0 radical (unpaired) electrons. The Hall–Kier alpha value is -3.12. The third-order valence-corrected chi connectivity index (χ3v) is 7.60. The molecule has 1 aliphatic rings. The van der Waals surface area contributed by atoms with Gasteiger partial charge in [-0.15, -0.1) is 0 Å². The number of para-hydroxylation sites is 1. The van der Waals surface area contributed by atoms with Crippen molar-refractivity contribution in [2.24, 2.45) is 0 Å². The number of nitrogens with zero attached hydrogens (tertiary/aromatic N) is 4. The maximum Gasteiger partial charge on any atom is 0.459 e. The molecule has 1 aromatic carbocycles. The monoisotopic (exact) mass is 579 g/mol. The van der Waals surface area contributed by atoms with Gasteiger partial charge in [0.05, 0.1) is 31.7 Å². The van der Waals surface area contributed by atoms with Crippen molar-refractivity contribution in [1.82, 2.24) is 24.6 Å². The van der Waals surface area contributed by atoms with Gasteiger partial charge in [0.2, 0.25) is 5.88 Å². The third kappa shape index (κ3) is 6.95. The van der Waals surface area contributed by atoms with Crippen molar-refractivity contribution in [2.45, 2.75) is 78.1 Å². The summed E-state index contributed by atoms with van der Waals surface area (Å²) in [5.41, 5.74) is -1.10. The minimum absolute atomic E-state index is 0.0734. The van der Waals surface area contributed by atoms with E-state index in [9.17, 15) is 9.36 Å². The Balaban J connectivity index is 1.52. The van der Waals surface area contributed by atoms with Crippen LogP contribution in [-0.2, 0) is 23.4 Å². The molecule has 0 spiro atoms. The number of aryl methyl sites for hydroxylation is 1. The number of alkyl halides is 1. The van der Waals surface area contributed by atoms with Crippen LogP contribution in [0.25, 0.3) is 11.2 Å². The number of benzene rings is 1. The first-order valence-electron chi connectivity index (χ1n) is 13.1. The summed E-state index contributed by atoms with van der Waals surface area (Å²) in [5, 5.41) is 2.62. The molecule has 1 N–H and O–H groups in total. The lowest BCUT2D eigenvalue weighted by Crippen LogP contribution is -2.36.